The summed E-state index contributed by atoms with van der Waals surface area (Å²) < 4.78 is 1.90. The molecule has 0 unspecified atom stereocenters. The van der Waals surface area contributed by atoms with E-state index in [2.05, 4.69) is 24.1 Å². The highest BCUT2D eigenvalue weighted by molar-refractivity contribution is 5.77. The van der Waals surface area contributed by atoms with Gasteiger partial charge >= 0.3 is 0 Å². The lowest BCUT2D eigenvalue weighted by atomic mass is 10.1. The van der Waals surface area contributed by atoms with Gasteiger partial charge in [-0.2, -0.15) is 0 Å². The number of nitrogens with one attached hydrogen (secondary N) is 1. The Kier molecular flexibility index (Phi) is 5.08. The number of para-hydroxylation sites is 1. The second kappa shape index (κ2) is 7.23. The average molecular weight is 314 g/mol. The zero-order chi connectivity index (χ0) is 16.2. The molecule has 3 rings (SSSR count). The van der Waals surface area contributed by atoms with Gasteiger partial charge in [-0.05, 0) is 25.0 Å². The number of hydrogen-bond acceptors (Lipinski definition) is 4. The second-order valence-electron chi connectivity index (χ2n) is 6.15. The van der Waals surface area contributed by atoms with E-state index in [0.29, 0.717) is 0 Å². The third-order valence-electron chi connectivity index (χ3n) is 4.62. The quantitative estimate of drug-likeness (QED) is 0.919. The molecule has 1 aliphatic heterocycles. The van der Waals surface area contributed by atoms with Crippen molar-refractivity contribution in [3.8, 4) is 0 Å². The van der Waals surface area contributed by atoms with Crippen LogP contribution in [0.4, 0.5) is 0 Å². The first-order valence-corrected chi connectivity index (χ1v) is 8.70. The topological polar surface area (TPSA) is 50.2 Å². The lowest BCUT2D eigenvalue weighted by molar-refractivity contribution is 0.158. The van der Waals surface area contributed by atoms with Crippen LogP contribution in [0.2, 0.25) is 0 Å². The third kappa shape index (κ3) is 3.16. The maximum absolute atomic E-state index is 12.9. The molecule has 0 amide bonds. The number of fused-ring (bicyclic) bond motifs is 1. The molecule has 1 aromatic carbocycles. The molecule has 5 nitrogen and oxygen atoms in total. The molecule has 23 heavy (non-hydrogen) atoms. The Bertz CT molecular complexity index is 719. The fourth-order valence-corrected chi connectivity index (χ4v) is 3.48. The van der Waals surface area contributed by atoms with Crippen LogP contribution < -0.4 is 10.9 Å². The van der Waals surface area contributed by atoms with Gasteiger partial charge in [0, 0.05) is 32.7 Å². The minimum Gasteiger partial charge on any atom is -0.314 e. The zero-order valence-corrected chi connectivity index (χ0v) is 14.1. The maximum Gasteiger partial charge on any atom is 0.261 e. The number of nitrogens with zero attached hydrogens (tertiary/aromatic N) is 3. The third-order valence-corrected chi connectivity index (χ3v) is 4.62. The van der Waals surface area contributed by atoms with E-state index in [9.17, 15) is 4.79 Å². The van der Waals surface area contributed by atoms with E-state index in [1.165, 1.54) is 0 Å². The van der Waals surface area contributed by atoms with Crippen LogP contribution in [0.3, 0.4) is 0 Å². The second-order valence-corrected chi connectivity index (χ2v) is 6.15. The molecule has 1 saturated heterocycles. The molecule has 1 aliphatic rings. The highest BCUT2D eigenvalue weighted by Gasteiger charge is 2.25. The van der Waals surface area contributed by atoms with Crippen LogP contribution in [0.1, 0.15) is 38.6 Å². The van der Waals surface area contributed by atoms with Gasteiger partial charge in [0.2, 0.25) is 0 Å². The van der Waals surface area contributed by atoms with Gasteiger partial charge in [-0.25, -0.2) is 4.98 Å². The van der Waals surface area contributed by atoms with Gasteiger partial charge in [0.1, 0.15) is 5.82 Å². The van der Waals surface area contributed by atoms with Gasteiger partial charge in [0.05, 0.1) is 16.9 Å². The predicted molar refractivity (Wildman–Crippen MR) is 93.8 cm³/mol. The van der Waals surface area contributed by atoms with Crippen LogP contribution in [0.25, 0.3) is 10.9 Å². The van der Waals surface area contributed by atoms with Crippen molar-refractivity contribution in [1.82, 2.24) is 19.8 Å². The van der Waals surface area contributed by atoms with E-state index >= 15 is 0 Å². The van der Waals surface area contributed by atoms with E-state index in [-0.39, 0.29) is 11.6 Å². The van der Waals surface area contributed by atoms with Crippen LogP contribution in [-0.2, 0) is 6.54 Å². The minimum absolute atomic E-state index is 0.0982. The standard InChI is InChI=1S/C18H26N4O/c1-3-11-22-17(16(4-2)21-12-9-19-10-13-21)20-15-8-6-5-7-14(15)18(22)23/h5-8,16,19H,3-4,9-13H2,1-2H3/t16-/m0/s1. The van der Waals surface area contributed by atoms with Crippen LogP contribution in [0.15, 0.2) is 29.1 Å². The molecular weight excluding hydrogens is 288 g/mol. The van der Waals surface area contributed by atoms with E-state index in [0.717, 1.165) is 62.3 Å². The molecular formula is C18H26N4O. The van der Waals surface area contributed by atoms with Crippen molar-refractivity contribution in [3.63, 3.8) is 0 Å². The van der Waals surface area contributed by atoms with Crippen LogP contribution in [0.5, 0.6) is 0 Å². The summed E-state index contributed by atoms with van der Waals surface area (Å²) in [5.74, 6) is 0.931. The Morgan fingerprint density at radius 3 is 2.65 bits per heavy atom. The summed E-state index contributed by atoms with van der Waals surface area (Å²) in [5.41, 5.74) is 0.912. The van der Waals surface area contributed by atoms with Gasteiger partial charge in [0.15, 0.2) is 0 Å². The molecule has 1 fully saturated rings. The Morgan fingerprint density at radius 1 is 1.22 bits per heavy atom. The van der Waals surface area contributed by atoms with Gasteiger partial charge in [-0.15, -0.1) is 0 Å². The predicted octanol–water partition coefficient (Wildman–Crippen LogP) is 2.16. The van der Waals surface area contributed by atoms with Crippen molar-refractivity contribution in [2.24, 2.45) is 0 Å². The lowest BCUT2D eigenvalue weighted by Gasteiger charge is -2.35. The Hall–Kier alpha value is -1.72. The molecule has 1 aromatic heterocycles. The van der Waals surface area contributed by atoms with Gasteiger partial charge in [0.25, 0.3) is 5.56 Å². The molecule has 0 aliphatic carbocycles. The molecule has 0 radical (unpaired) electrons. The number of aromatic nitrogens is 2. The number of piperazine rings is 1. The first-order valence-electron chi connectivity index (χ1n) is 8.70. The molecule has 0 spiro atoms. The van der Waals surface area contributed by atoms with E-state index in [1.807, 2.05) is 28.8 Å². The largest absolute Gasteiger partial charge is 0.314 e. The summed E-state index contributed by atoms with van der Waals surface area (Å²) in [6.45, 7) is 9.04. The van der Waals surface area contributed by atoms with Crippen molar-refractivity contribution in [1.29, 1.82) is 0 Å². The van der Waals surface area contributed by atoms with E-state index in [1.54, 1.807) is 0 Å². The van der Waals surface area contributed by atoms with Crippen LogP contribution in [0, 0.1) is 0 Å². The van der Waals surface area contributed by atoms with Crippen molar-refractivity contribution in [2.75, 3.05) is 26.2 Å². The Labute approximate surface area is 137 Å². The smallest absolute Gasteiger partial charge is 0.261 e. The average Bonchev–Trinajstić information content (AvgIpc) is 2.60. The first-order chi connectivity index (χ1) is 11.3. The number of hydrogen-bond donors (Lipinski definition) is 1. The highest BCUT2D eigenvalue weighted by atomic mass is 16.1. The summed E-state index contributed by atoms with van der Waals surface area (Å²) in [5, 5.41) is 4.12. The fourth-order valence-electron chi connectivity index (χ4n) is 3.48. The monoisotopic (exact) mass is 314 g/mol. The first kappa shape index (κ1) is 16.1. The van der Waals surface area contributed by atoms with E-state index in [4.69, 9.17) is 4.98 Å². The van der Waals surface area contributed by atoms with Crippen LogP contribution >= 0.6 is 0 Å². The van der Waals surface area contributed by atoms with Crippen molar-refractivity contribution >= 4 is 10.9 Å². The molecule has 2 aromatic rings. The molecule has 5 heteroatoms. The summed E-state index contributed by atoms with van der Waals surface area (Å²) in [7, 11) is 0. The maximum atomic E-state index is 12.9. The molecule has 2 heterocycles. The van der Waals surface area contributed by atoms with Crippen molar-refractivity contribution in [2.45, 2.75) is 39.3 Å². The van der Waals surface area contributed by atoms with Crippen LogP contribution in [-0.4, -0.2) is 40.6 Å². The summed E-state index contributed by atoms with van der Waals surface area (Å²) >= 11 is 0. The molecule has 0 bridgehead atoms. The minimum atomic E-state index is 0.0982. The van der Waals surface area contributed by atoms with Crippen molar-refractivity contribution < 1.29 is 0 Å². The fraction of sp³-hybridized carbons (Fsp3) is 0.556. The normalized spacial score (nSPS) is 17.5. The molecule has 1 N–H and O–H groups in total. The Morgan fingerprint density at radius 2 is 1.96 bits per heavy atom. The Balaban J connectivity index is 2.13. The summed E-state index contributed by atoms with van der Waals surface area (Å²) in [4.78, 5) is 20.3. The van der Waals surface area contributed by atoms with Gasteiger partial charge in [-0.1, -0.05) is 26.0 Å². The molecule has 0 saturated carbocycles. The van der Waals surface area contributed by atoms with Crippen molar-refractivity contribution in [3.05, 3.63) is 40.4 Å². The summed E-state index contributed by atoms with van der Waals surface area (Å²) in [6.07, 6.45) is 1.90. The number of rotatable bonds is 5. The molecule has 124 valence electrons. The number of benzene rings is 1. The summed E-state index contributed by atoms with van der Waals surface area (Å²) in [6, 6.07) is 7.90. The zero-order valence-electron chi connectivity index (χ0n) is 14.1. The lowest BCUT2D eigenvalue weighted by Crippen LogP contribution is -2.46. The van der Waals surface area contributed by atoms with E-state index < -0.39 is 0 Å². The molecule has 1 atom stereocenters. The SMILES string of the molecule is CCCn1c([C@H](CC)N2CCNCC2)nc2ccccc2c1=O. The van der Waals surface area contributed by atoms with Gasteiger partial charge in [-0.3, -0.25) is 14.3 Å². The highest BCUT2D eigenvalue weighted by Crippen LogP contribution is 2.24. The van der Waals surface area contributed by atoms with Gasteiger partial charge < -0.3 is 5.32 Å².